The number of anilines is 3. The molecule has 0 atom stereocenters. The van der Waals surface area contributed by atoms with Crippen molar-refractivity contribution in [1.29, 1.82) is 5.26 Å². The van der Waals surface area contributed by atoms with Gasteiger partial charge < -0.3 is 10.0 Å². The van der Waals surface area contributed by atoms with Crippen molar-refractivity contribution < 1.29 is 9.90 Å². The standard InChI is InChI=1S/C44H44N2O2S4/c1-3-5-7-11-17-31-27-41(51-40(31)29-33(30-45)44(47)48)38-25-23-36(49-38)37-24-26-39(50-37)42-28-32(18-12-8-6-4-2)43(52-42)46(34-19-13-9-14-20-34)35-21-15-10-16-22-35/h9-10,13-16,19-29H,3-8,11-12,17-18H2,1-2H3,(H,47,48)/b33-29+. The quantitative estimate of drug-likeness (QED) is 0.0538. The van der Waals surface area contributed by atoms with Gasteiger partial charge in [-0.3, -0.25) is 0 Å². The molecule has 6 aromatic rings. The zero-order valence-corrected chi connectivity index (χ0v) is 33.0. The predicted octanol–water partition coefficient (Wildman–Crippen LogP) is 14.6. The third-order valence-corrected chi connectivity index (χ3v) is 14.1. The molecule has 4 aromatic heterocycles. The number of para-hydroxylation sites is 2. The molecule has 0 aliphatic rings. The third kappa shape index (κ3) is 9.20. The lowest BCUT2D eigenvalue weighted by Crippen LogP contribution is -2.10. The molecule has 4 heterocycles. The van der Waals surface area contributed by atoms with E-state index in [-0.39, 0.29) is 5.57 Å². The number of hydrogen-bond donors (Lipinski definition) is 1. The van der Waals surface area contributed by atoms with Crippen molar-refractivity contribution in [2.75, 3.05) is 4.90 Å². The molecule has 0 bridgehead atoms. The SMILES string of the molecule is CCCCCCc1cc(-c2ccc(-c3ccc(-c4cc(CCCCCC)c(N(c5ccccc5)c5ccccc5)s4)s3)s2)sc1/C=C(\C#N)C(=O)O. The second-order valence-corrected chi connectivity index (χ2v) is 17.2. The molecule has 6 rings (SSSR count). The molecule has 0 saturated heterocycles. The van der Waals surface area contributed by atoms with E-state index in [1.807, 2.05) is 28.7 Å². The van der Waals surface area contributed by atoms with Gasteiger partial charge in [-0.2, -0.15) is 5.26 Å². The second-order valence-electron chi connectivity index (χ2n) is 12.9. The van der Waals surface area contributed by atoms with Gasteiger partial charge in [-0.05, 0) is 104 Å². The van der Waals surface area contributed by atoms with Crippen LogP contribution in [0, 0.1) is 11.3 Å². The number of hydrogen-bond acceptors (Lipinski definition) is 7. The number of aliphatic carboxylic acids is 1. The molecule has 1 N–H and O–H groups in total. The first-order valence-corrected chi connectivity index (χ1v) is 21.5. The van der Waals surface area contributed by atoms with Crippen LogP contribution in [0.3, 0.4) is 0 Å². The normalized spacial score (nSPS) is 11.5. The Morgan fingerprint density at radius 2 is 1.12 bits per heavy atom. The molecular weight excluding hydrogens is 717 g/mol. The van der Waals surface area contributed by atoms with Crippen LogP contribution >= 0.6 is 45.3 Å². The van der Waals surface area contributed by atoms with Crippen LogP contribution in [0.5, 0.6) is 0 Å². The van der Waals surface area contributed by atoms with E-state index in [1.165, 1.54) is 62.2 Å². The number of rotatable bonds is 18. The maximum absolute atomic E-state index is 11.7. The van der Waals surface area contributed by atoms with Gasteiger partial charge in [0.15, 0.2) is 0 Å². The van der Waals surface area contributed by atoms with Gasteiger partial charge in [0.2, 0.25) is 0 Å². The fourth-order valence-electron chi connectivity index (χ4n) is 6.29. The summed E-state index contributed by atoms with van der Waals surface area (Å²) in [5.41, 5.74) is 4.62. The van der Waals surface area contributed by atoms with Gasteiger partial charge in [0.1, 0.15) is 16.6 Å². The highest BCUT2D eigenvalue weighted by atomic mass is 32.1. The van der Waals surface area contributed by atoms with E-state index in [4.69, 9.17) is 0 Å². The highest BCUT2D eigenvalue weighted by molar-refractivity contribution is 7.29. The van der Waals surface area contributed by atoms with Crippen molar-refractivity contribution in [2.45, 2.75) is 78.1 Å². The van der Waals surface area contributed by atoms with Gasteiger partial charge in [-0.1, -0.05) is 88.8 Å². The molecule has 52 heavy (non-hydrogen) atoms. The Morgan fingerprint density at radius 3 is 1.62 bits per heavy atom. The Bertz CT molecular complexity index is 2090. The van der Waals surface area contributed by atoms with Crippen molar-refractivity contribution in [2.24, 2.45) is 0 Å². The van der Waals surface area contributed by atoms with Crippen LogP contribution in [0.2, 0.25) is 0 Å². The number of carboxylic acids is 1. The zero-order valence-electron chi connectivity index (χ0n) is 29.8. The van der Waals surface area contributed by atoms with E-state index in [0.29, 0.717) is 0 Å². The predicted molar refractivity (Wildman–Crippen MR) is 226 cm³/mol. The van der Waals surface area contributed by atoms with Gasteiger partial charge >= 0.3 is 5.97 Å². The molecule has 8 heteroatoms. The van der Waals surface area contributed by atoms with Gasteiger partial charge in [0.05, 0.1) is 0 Å². The fourth-order valence-corrected chi connectivity index (χ4v) is 11.0. The summed E-state index contributed by atoms with van der Waals surface area (Å²) in [7, 11) is 0. The Morgan fingerprint density at radius 1 is 0.635 bits per heavy atom. The second kappa shape index (κ2) is 18.5. The molecule has 2 aromatic carbocycles. The van der Waals surface area contributed by atoms with Crippen LogP contribution < -0.4 is 4.90 Å². The molecule has 0 saturated carbocycles. The van der Waals surface area contributed by atoms with E-state index in [9.17, 15) is 15.2 Å². The van der Waals surface area contributed by atoms with Gasteiger partial charge in [0.25, 0.3) is 0 Å². The highest BCUT2D eigenvalue weighted by Gasteiger charge is 2.21. The summed E-state index contributed by atoms with van der Waals surface area (Å²) in [6.45, 7) is 4.46. The minimum absolute atomic E-state index is 0.224. The van der Waals surface area contributed by atoms with E-state index in [1.54, 1.807) is 28.7 Å². The number of benzene rings is 2. The Balaban J connectivity index is 1.31. The fraction of sp³-hybridized carbons (Fsp3) is 0.273. The molecule has 0 fully saturated rings. The largest absolute Gasteiger partial charge is 0.477 e. The molecular formula is C44H44N2O2S4. The van der Waals surface area contributed by atoms with Crippen molar-refractivity contribution in [1.82, 2.24) is 0 Å². The first-order chi connectivity index (χ1) is 25.5. The van der Waals surface area contributed by atoms with Crippen LogP contribution in [0.1, 0.15) is 81.2 Å². The third-order valence-electron chi connectivity index (χ3n) is 9.03. The molecule has 0 amide bonds. The van der Waals surface area contributed by atoms with Crippen molar-refractivity contribution in [3.63, 3.8) is 0 Å². The number of carboxylic acid groups (broad SMARTS) is 1. The average molecular weight is 761 g/mol. The Hall–Kier alpha value is -4.26. The van der Waals surface area contributed by atoms with E-state index < -0.39 is 5.97 Å². The first kappa shape index (κ1) is 37.5. The number of nitrogens with zero attached hydrogens (tertiary/aromatic N) is 2. The van der Waals surface area contributed by atoms with E-state index in [2.05, 4.69) is 116 Å². The smallest absolute Gasteiger partial charge is 0.346 e. The van der Waals surface area contributed by atoms with E-state index in [0.717, 1.165) is 63.7 Å². The monoisotopic (exact) mass is 760 g/mol. The van der Waals surface area contributed by atoms with Crippen molar-refractivity contribution in [3.8, 4) is 35.3 Å². The lowest BCUT2D eigenvalue weighted by atomic mass is 10.1. The van der Waals surface area contributed by atoms with Crippen molar-refractivity contribution in [3.05, 3.63) is 119 Å². The maximum atomic E-state index is 11.7. The Kier molecular flexibility index (Phi) is 13.3. The summed E-state index contributed by atoms with van der Waals surface area (Å²) in [4.78, 5) is 22.2. The summed E-state index contributed by atoms with van der Waals surface area (Å²) in [6, 6.07) is 36.8. The van der Waals surface area contributed by atoms with Gasteiger partial charge in [-0.15, -0.1) is 45.3 Å². The van der Waals surface area contributed by atoms with Crippen LogP contribution in [0.4, 0.5) is 16.4 Å². The zero-order chi connectivity index (χ0) is 36.3. The maximum Gasteiger partial charge on any atom is 0.346 e. The number of aryl methyl sites for hydroxylation is 2. The lowest BCUT2D eigenvalue weighted by Gasteiger charge is -2.25. The highest BCUT2D eigenvalue weighted by Crippen LogP contribution is 2.48. The van der Waals surface area contributed by atoms with Crippen LogP contribution in [0.25, 0.3) is 35.3 Å². The van der Waals surface area contributed by atoms with Gasteiger partial charge in [-0.25, -0.2) is 4.79 Å². The summed E-state index contributed by atoms with van der Waals surface area (Å²) in [5, 5.41) is 20.3. The summed E-state index contributed by atoms with van der Waals surface area (Å²) < 4.78 is 0. The Labute approximate surface area is 324 Å². The number of carbonyl (C=O) groups is 1. The number of unbranched alkanes of at least 4 members (excludes halogenated alkanes) is 6. The topological polar surface area (TPSA) is 64.3 Å². The summed E-state index contributed by atoms with van der Waals surface area (Å²) in [5.74, 6) is -1.18. The van der Waals surface area contributed by atoms with Gasteiger partial charge in [0, 0.05) is 45.5 Å². The molecule has 0 unspecified atom stereocenters. The molecule has 266 valence electrons. The summed E-state index contributed by atoms with van der Waals surface area (Å²) >= 11 is 7.07. The average Bonchev–Trinajstić information content (AvgIpc) is 3.99. The summed E-state index contributed by atoms with van der Waals surface area (Å²) in [6.07, 6.45) is 12.9. The van der Waals surface area contributed by atoms with Crippen LogP contribution in [0.15, 0.2) is 103 Å². The van der Waals surface area contributed by atoms with E-state index >= 15 is 0 Å². The molecule has 0 aliphatic heterocycles. The van der Waals surface area contributed by atoms with Crippen molar-refractivity contribution >= 4 is 73.8 Å². The molecule has 0 spiro atoms. The minimum atomic E-state index is -1.18. The first-order valence-electron chi connectivity index (χ1n) is 18.2. The minimum Gasteiger partial charge on any atom is -0.477 e. The van der Waals surface area contributed by atoms with Crippen LogP contribution in [-0.4, -0.2) is 11.1 Å². The lowest BCUT2D eigenvalue weighted by molar-refractivity contribution is -0.132. The molecule has 0 radical (unpaired) electrons. The number of nitriles is 1. The molecule has 0 aliphatic carbocycles. The number of thiophene rings is 4. The van der Waals surface area contributed by atoms with Crippen LogP contribution in [-0.2, 0) is 17.6 Å². The molecule has 4 nitrogen and oxygen atoms in total.